The highest BCUT2D eigenvalue weighted by Crippen LogP contribution is 2.41. The van der Waals surface area contributed by atoms with E-state index < -0.39 is 0 Å². The Balaban J connectivity index is 1.40. The fraction of sp³-hybridized carbons (Fsp3) is 0.581. The second-order valence-electron chi connectivity index (χ2n) is 12.3. The van der Waals surface area contributed by atoms with Crippen LogP contribution in [0.2, 0.25) is 0 Å². The topological polar surface area (TPSA) is 56.1 Å². The zero-order valence-corrected chi connectivity index (χ0v) is 23.2. The van der Waals surface area contributed by atoms with Crippen LogP contribution in [0.25, 0.3) is 11.4 Å². The highest BCUT2D eigenvalue weighted by atomic mass is 16.5. The molecule has 2 saturated heterocycles. The van der Waals surface area contributed by atoms with Gasteiger partial charge >= 0.3 is 0 Å². The Morgan fingerprint density at radius 2 is 1.86 bits per heavy atom. The van der Waals surface area contributed by atoms with Gasteiger partial charge in [-0.1, -0.05) is 32.0 Å². The van der Waals surface area contributed by atoms with E-state index in [0.717, 1.165) is 63.3 Å². The summed E-state index contributed by atoms with van der Waals surface area (Å²) in [6.07, 6.45) is 7.88. The number of fused-ring (bicyclic) bond motifs is 1. The van der Waals surface area contributed by atoms with Crippen LogP contribution in [0.3, 0.4) is 0 Å². The molecule has 0 N–H and O–H groups in total. The van der Waals surface area contributed by atoms with Crippen LogP contribution in [0.4, 0.5) is 5.82 Å². The van der Waals surface area contributed by atoms with Crippen LogP contribution in [0.1, 0.15) is 91.7 Å². The summed E-state index contributed by atoms with van der Waals surface area (Å²) in [4.78, 5) is 13.2. The molecule has 0 bridgehead atoms. The maximum Gasteiger partial charge on any atom is 0.162 e. The van der Waals surface area contributed by atoms with E-state index in [-0.39, 0.29) is 6.10 Å². The zero-order chi connectivity index (χ0) is 25.7. The highest BCUT2D eigenvalue weighted by Gasteiger charge is 2.34. The first-order valence-electron chi connectivity index (χ1n) is 14.2. The molecule has 6 rings (SSSR count). The summed E-state index contributed by atoms with van der Waals surface area (Å²) in [6.45, 7) is 12.1. The molecular formula is C31H41N5O. The smallest absolute Gasteiger partial charge is 0.162 e. The number of rotatable bonds is 4. The number of piperidine rings is 1. The van der Waals surface area contributed by atoms with Crippen LogP contribution < -0.4 is 4.90 Å². The molecule has 1 aliphatic carbocycles. The Morgan fingerprint density at radius 3 is 2.59 bits per heavy atom. The van der Waals surface area contributed by atoms with E-state index in [1.807, 2.05) is 0 Å². The highest BCUT2D eigenvalue weighted by molar-refractivity contribution is 5.67. The molecular weight excluding hydrogens is 458 g/mol. The van der Waals surface area contributed by atoms with Gasteiger partial charge in [0.1, 0.15) is 11.9 Å². The molecule has 37 heavy (non-hydrogen) atoms. The minimum Gasteiger partial charge on any atom is -0.372 e. The maximum atomic E-state index is 5.94. The third-order valence-electron chi connectivity index (χ3n) is 8.77. The lowest BCUT2D eigenvalue weighted by Gasteiger charge is -2.40. The Labute approximate surface area is 221 Å². The first kappa shape index (κ1) is 24.6. The van der Waals surface area contributed by atoms with Gasteiger partial charge in [0.25, 0.3) is 0 Å². The lowest BCUT2D eigenvalue weighted by molar-refractivity contribution is 0.108. The van der Waals surface area contributed by atoms with Gasteiger partial charge in [-0.25, -0.2) is 9.97 Å². The van der Waals surface area contributed by atoms with Gasteiger partial charge in [0.2, 0.25) is 0 Å². The molecule has 3 aliphatic rings. The van der Waals surface area contributed by atoms with Crippen molar-refractivity contribution in [3.8, 4) is 11.4 Å². The van der Waals surface area contributed by atoms with Crippen molar-refractivity contribution in [1.29, 1.82) is 0 Å². The van der Waals surface area contributed by atoms with Gasteiger partial charge in [0.15, 0.2) is 5.82 Å². The molecule has 2 unspecified atom stereocenters. The molecule has 2 aliphatic heterocycles. The van der Waals surface area contributed by atoms with E-state index in [4.69, 9.17) is 19.8 Å². The van der Waals surface area contributed by atoms with E-state index >= 15 is 0 Å². The van der Waals surface area contributed by atoms with Crippen molar-refractivity contribution in [3.63, 3.8) is 0 Å². The standard InChI is InChI=1S/C31H41N5O/c1-20-9-6-10-21(2)28(20)29-32-24-13-12-22(26-18-25(34-35(26)5)27-11-7-16-37-27)17-23(24)30(33-29)36-15-8-14-31(3,4)19-36/h6,9-10,18,22,27H,7-8,11-17,19H2,1-5H3. The van der Waals surface area contributed by atoms with E-state index in [2.05, 4.69) is 68.6 Å². The fourth-order valence-corrected chi connectivity index (χ4v) is 6.84. The molecule has 196 valence electrons. The van der Waals surface area contributed by atoms with Crippen molar-refractivity contribution in [2.24, 2.45) is 12.5 Å². The van der Waals surface area contributed by atoms with Gasteiger partial charge < -0.3 is 9.64 Å². The van der Waals surface area contributed by atoms with Crippen LogP contribution in [-0.4, -0.2) is 39.4 Å². The average Bonchev–Trinajstić information content (AvgIpc) is 3.52. The van der Waals surface area contributed by atoms with Gasteiger partial charge in [-0.15, -0.1) is 0 Å². The number of aromatic nitrogens is 4. The van der Waals surface area contributed by atoms with Crippen molar-refractivity contribution >= 4 is 5.82 Å². The van der Waals surface area contributed by atoms with Crippen LogP contribution >= 0.6 is 0 Å². The van der Waals surface area contributed by atoms with Gasteiger partial charge in [-0.2, -0.15) is 5.10 Å². The summed E-state index contributed by atoms with van der Waals surface area (Å²) >= 11 is 0. The number of hydrogen-bond acceptors (Lipinski definition) is 5. The fourth-order valence-electron chi connectivity index (χ4n) is 6.84. The minimum atomic E-state index is 0.158. The number of benzene rings is 1. The number of anilines is 1. The molecule has 1 aromatic carbocycles. The molecule has 2 aromatic heterocycles. The first-order valence-corrected chi connectivity index (χ1v) is 14.2. The van der Waals surface area contributed by atoms with Crippen molar-refractivity contribution in [1.82, 2.24) is 19.7 Å². The van der Waals surface area contributed by atoms with Gasteiger partial charge in [-0.05, 0) is 81.4 Å². The zero-order valence-electron chi connectivity index (χ0n) is 23.2. The molecule has 6 heteroatoms. The van der Waals surface area contributed by atoms with Gasteiger partial charge in [-0.3, -0.25) is 4.68 Å². The number of ether oxygens (including phenoxy) is 1. The molecule has 3 aromatic rings. The van der Waals surface area contributed by atoms with Crippen molar-refractivity contribution in [2.75, 3.05) is 24.6 Å². The van der Waals surface area contributed by atoms with E-state index in [1.165, 1.54) is 52.3 Å². The summed E-state index contributed by atoms with van der Waals surface area (Å²) in [5.41, 5.74) is 8.98. The molecule has 6 nitrogen and oxygen atoms in total. The van der Waals surface area contributed by atoms with Gasteiger partial charge in [0.05, 0.1) is 5.69 Å². The Morgan fingerprint density at radius 1 is 1.05 bits per heavy atom. The summed E-state index contributed by atoms with van der Waals surface area (Å²) in [6, 6.07) is 8.79. The van der Waals surface area contributed by atoms with Crippen LogP contribution in [0, 0.1) is 19.3 Å². The second kappa shape index (κ2) is 9.54. The lowest BCUT2D eigenvalue weighted by Crippen LogP contribution is -2.41. The van der Waals surface area contributed by atoms with Gasteiger partial charge in [0, 0.05) is 55.2 Å². The van der Waals surface area contributed by atoms with E-state index in [0.29, 0.717) is 11.3 Å². The molecule has 0 radical (unpaired) electrons. The summed E-state index contributed by atoms with van der Waals surface area (Å²) in [7, 11) is 2.10. The third-order valence-corrected chi connectivity index (χ3v) is 8.77. The van der Waals surface area contributed by atoms with Crippen LogP contribution in [0.15, 0.2) is 24.3 Å². The monoisotopic (exact) mass is 499 g/mol. The first-order chi connectivity index (χ1) is 17.8. The van der Waals surface area contributed by atoms with Crippen molar-refractivity contribution < 1.29 is 4.74 Å². The normalized spacial score (nSPS) is 23.3. The third kappa shape index (κ3) is 4.69. The summed E-state index contributed by atoms with van der Waals surface area (Å²) < 4.78 is 8.04. The number of aryl methyl sites for hydroxylation is 4. The SMILES string of the molecule is Cc1cccc(C)c1-c1nc2c(c(N3CCCC(C)(C)C3)n1)CC(c1cc(C3CCCO3)nn1C)CC2. The minimum absolute atomic E-state index is 0.158. The Kier molecular flexibility index (Phi) is 6.34. The predicted octanol–water partition coefficient (Wildman–Crippen LogP) is 6.24. The molecule has 0 saturated carbocycles. The Bertz CT molecular complexity index is 1280. The molecule has 4 heterocycles. The summed E-state index contributed by atoms with van der Waals surface area (Å²) in [5.74, 6) is 2.49. The van der Waals surface area contributed by atoms with Crippen molar-refractivity contribution in [3.05, 3.63) is 58.0 Å². The predicted molar refractivity (Wildman–Crippen MR) is 148 cm³/mol. The average molecular weight is 500 g/mol. The lowest BCUT2D eigenvalue weighted by atomic mass is 9.82. The quantitative estimate of drug-likeness (QED) is 0.425. The number of nitrogens with zero attached hydrogens (tertiary/aromatic N) is 5. The maximum absolute atomic E-state index is 5.94. The molecule has 2 atom stereocenters. The van der Waals surface area contributed by atoms with E-state index in [9.17, 15) is 0 Å². The molecule has 0 amide bonds. The summed E-state index contributed by atoms with van der Waals surface area (Å²) in [5, 5.41) is 4.88. The van der Waals surface area contributed by atoms with Crippen LogP contribution in [0.5, 0.6) is 0 Å². The van der Waals surface area contributed by atoms with Crippen molar-refractivity contribution in [2.45, 2.75) is 84.7 Å². The Hall–Kier alpha value is -2.73. The molecule has 2 fully saturated rings. The second-order valence-corrected chi connectivity index (χ2v) is 12.3. The largest absolute Gasteiger partial charge is 0.372 e. The number of hydrogen-bond donors (Lipinski definition) is 0. The molecule has 0 spiro atoms. The van der Waals surface area contributed by atoms with E-state index in [1.54, 1.807) is 0 Å². The van der Waals surface area contributed by atoms with Crippen LogP contribution in [-0.2, 0) is 24.6 Å².